The molecule has 0 unspecified atom stereocenters. The molecule has 0 aliphatic carbocycles. The van der Waals surface area contributed by atoms with E-state index in [0.29, 0.717) is 5.54 Å². The maximum Gasteiger partial charge on any atom is 0.192 e. The van der Waals surface area contributed by atoms with Crippen LogP contribution in [0.4, 0.5) is 0 Å². The summed E-state index contributed by atoms with van der Waals surface area (Å²) in [6.45, 7) is 18.8. The quantitative estimate of drug-likeness (QED) is 0.133. The Kier molecular flexibility index (Phi) is 11.9. The Hall–Kier alpha value is -0.756. The summed E-state index contributed by atoms with van der Waals surface area (Å²) in [6.07, 6.45) is 13.2. The van der Waals surface area contributed by atoms with Crippen LogP contribution in [0.5, 0.6) is 0 Å². The minimum absolute atomic E-state index is 0.00533. The number of hydrogen-bond acceptors (Lipinski definition) is 3. The largest absolute Gasteiger partial charge is 0.411 e. The second-order valence-electron chi connectivity index (χ2n) is 12.9. The SMILES string of the molecule is CCCCCCCCCC[C@@H](O[Si](C)(C)C(C)(C)C)[C@@H]1O[C@@H](C=O)C[C@H]1[Si](C)(C)c1ccccc1. The molecule has 1 aliphatic heterocycles. The fourth-order valence-electron chi connectivity index (χ4n) is 5.28. The van der Waals surface area contributed by atoms with Gasteiger partial charge in [-0.3, -0.25) is 0 Å². The van der Waals surface area contributed by atoms with Crippen LogP contribution in [0, 0.1) is 0 Å². The van der Waals surface area contributed by atoms with E-state index in [-0.39, 0.29) is 23.4 Å². The number of hydrogen-bond donors (Lipinski definition) is 0. The van der Waals surface area contributed by atoms with Crippen LogP contribution in [-0.2, 0) is 14.0 Å². The van der Waals surface area contributed by atoms with Crippen LogP contribution in [0.3, 0.4) is 0 Å². The summed E-state index contributed by atoms with van der Waals surface area (Å²) in [7, 11) is -3.85. The van der Waals surface area contributed by atoms with Gasteiger partial charge in [-0.05, 0) is 36.5 Å². The molecule has 3 nitrogen and oxygen atoms in total. The van der Waals surface area contributed by atoms with Gasteiger partial charge in [0, 0.05) is 0 Å². The van der Waals surface area contributed by atoms with Gasteiger partial charge in [0.05, 0.1) is 20.3 Å². The van der Waals surface area contributed by atoms with Gasteiger partial charge >= 0.3 is 0 Å². The Morgan fingerprint density at radius 2 is 1.54 bits per heavy atom. The summed E-state index contributed by atoms with van der Waals surface area (Å²) < 4.78 is 13.7. The van der Waals surface area contributed by atoms with E-state index in [0.717, 1.165) is 19.1 Å². The first kappa shape index (κ1) is 30.5. The van der Waals surface area contributed by atoms with Gasteiger partial charge in [-0.15, -0.1) is 0 Å². The maximum absolute atomic E-state index is 11.9. The van der Waals surface area contributed by atoms with Crippen LogP contribution < -0.4 is 5.19 Å². The van der Waals surface area contributed by atoms with Crippen molar-refractivity contribution in [3.05, 3.63) is 30.3 Å². The van der Waals surface area contributed by atoms with Gasteiger partial charge in [-0.2, -0.15) is 0 Å². The highest BCUT2D eigenvalue weighted by molar-refractivity contribution is 6.91. The number of ether oxygens (including phenoxy) is 1. The molecular weight excluding hydrogens is 464 g/mol. The van der Waals surface area contributed by atoms with E-state index in [1.54, 1.807) is 0 Å². The first-order chi connectivity index (χ1) is 16.4. The van der Waals surface area contributed by atoms with E-state index >= 15 is 0 Å². The summed E-state index contributed by atoms with van der Waals surface area (Å²) >= 11 is 0. The van der Waals surface area contributed by atoms with Crippen molar-refractivity contribution >= 4 is 27.9 Å². The highest BCUT2D eigenvalue weighted by atomic mass is 28.4. The van der Waals surface area contributed by atoms with Crippen LogP contribution in [-0.4, -0.2) is 41.0 Å². The molecule has 1 aromatic carbocycles. The number of carbonyl (C=O) groups excluding carboxylic acids is 1. The third-order valence-corrected chi connectivity index (χ3v) is 17.5. The lowest BCUT2D eigenvalue weighted by Gasteiger charge is -2.43. The molecule has 5 heteroatoms. The summed E-state index contributed by atoms with van der Waals surface area (Å²) in [4.78, 5) is 11.9. The Morgan fingerprint density at radius 1 is 0.971 bits per heavy atom. The molecule has 200 valence electrons. The topological polar surface area (TPSA) is 35.5 Å². The highest BCUT2D eigenvalue weighted by Crippen LogP contribution is 2.45. The van der Waals surface area contributed by atoms with Crippen LogP contribution in [0.15, 0.2) is 30.3 Å². The molecule has 1 fully saturated rings. The maximum atomic E-state index is 11.9. The van der Waals surface area contributed by atoms with Gasteiger partial charge in [-0.1, -0.05) is 128 Å². The fraction of sp³-hybridized carbons (Fsp3) is 0.767. The summed E-state index contributed by atoms with van der Waals surface area (Å²) in [6, 6.07) is 10.9. The fourth-order valence-corrected chi connectivity index (χ4v) is 10.1. The smallest absolute Gasteiger partial charge is 0.192 e. The molecule has 1 aliphatic rings. The number of carbonyl (C=O) groups is 1. The molecule has 0 N–H and O–H groups in total. The predicted molar refractivity (Wildman–Crippen MR) is 156 cm³/mol. The van der Waals surface area contributed by atoms with E-state index in [1.807, 2.05) is 0 Å². The third kappa shape index (κ3) is 8.65. The number of benzene rings is 1. The van der Waals surface area contributed by atoms with Crippen molar-refractivity contribution in [3.63, 3.8) is 0 Å². The molecule has 0 spiro atoms. The summed E-state index contributed by atoms with van der Waals surface area (Å²) in [5, 5.41) is 1.60. The average Bonchev–Trinajstić information content (AvgIpc) is 3.25. The molecule has 0 radical (unpaired) electrons. The Balaban J connectivity index is 2.20. The van der Waals surface area contributed by atoms with Gasteiger partial charge in [0.1, 0.15) is 12.4 Å². The first-order valence-corrected chi connectivity index (χ1v) is 20.3. The number of rotatable bonds is 15. The lowest BCUT2D eigenvalue weighted by molar-refractivity contribution is -0.119. The third-order valence-electron chi connectivity index (χ3n) is 8.77. The molecule has 1 heterocycles. The minimum atomic E-state index is -1.98. The minimum Gasteiger partial charge on any atom is -0.411 e. The number of aldehydes is 1. The van der Waals surface area contributed by atoms with Crippen molar-refractivity contribution in [3.8, 4) is 0 Å². The van der Waals surface area contributed by atoms with Gasteiger partial charge in [0.2, 0.25) is 0 Å². The van der Waals surface area contributed by atoms with Gasteiger partial charge in [0.25, 0.3) is 0 Å². The van der Waals surface area contributed by atoms with Crippen LogP contribution >= 0.6 is 0 Å². The Morgan fingerprint density at radius 3 is 2.09 bits per heavy atom. The van der Waals surface area contributed by atoms with Gasteiger partial charge in [0.15, 0.2) is 8.32 Å². The first-order valence-electron chi connectivity index (χ1n) is 14.3. The molecule has 35 heavy (non-hydrogen) atoms. The van der Waals surface area contributed by atoms with E-state index in [4.69, 9.17) is 9.16 Å². The monoisotopic (exact) mass is 518 g/mol. The normalized spacial score (nSPS) is 22.3. The molecule has 0 aromatic heterocycles. The molecule has 2 rings (SSSR count). The van der Waals surface area contributed by atoms with Crippen molar-refractivity contribution in [1.29, 1.82) is 0 Å². The number of unbranched alkanes of at least 4 members (excludes halogenated alkanes) is 7. The standard InChI is InChI=1S/C30H54O3Si2/c1-9-10-11-12-13-14-15-19-22-27(33-35(7,8)30(2,3)4)29-28(23-25(24-31)32-29)34(5,6)26-20-17-16-18-21-26/h16-18,20-21,24-25,27-29H,9-15,19,22-23H2,1-8H3/t25-,27-,28-,29+/m1/s1. The molecule has 1 saturated heterocycles. The zero-order chi connectivity index (χ0) is 26.1. The van der Waals surface area contributed by atoms with E-state index in [9.17, 15) is 4.79 Å². The molecule has 0 bridgehead atoms. The molecular formula is C30H54O3Si2. The molecule has 1 aromatic rings. The zero-order valence-electron chi connectivity index (χ0n) is 24.1. The van der Waals surface area contributed by atoms with Crippen molar-refractivity contribution in [2.45, 2.75) is 147 Å². The summed E-state index contributed by atoms with van der Waals surface area (Å²) in [5.74, 6) is 0. The van der Waals surface area contributed by atoms with Crippen molar-refractivity contribution in [2.75, 3.05) is 0 Å². The molecule has 0 amide bonds. The second kappa shape index (κ2) is 13.7. The molecule has 4 atom stereocenters. The van der Waals surface area contributed by atoms with Gasteiger partial charge in [-0.25, -0.2) is 0 Å². The van der Waals surface area contributed by atoms with E-state index in [2.05, 4.69) is 84.2 Å². The lowest BCUT2D eigenvalue weighted by Crippen LogP contribution is -2.53. The average molecular weight is 519 g/mol. The Bertz CT molecular complexity index is 742. The van der Waals surface area contributed by atoms with Crippen molar-refractivity contribution in [2.24, 2.45) is 0 Å². The highest BCUT2D eigenvalue weighted by Gasteiger charge is 2.51. The van der Waals surface area contributed by atoms with Crippen LogP contribution in [0.1, 0.15) is 91.9 Å². The molecule has 0 saturated carbocycles. The van der Waals surface area contributed by atoms with Crippen molar-refractivity contribution < 1.29 is 14.0 Å². The van der Waals surface area contributed by atoms with Gasteiger partial charge < -0.3 is 14.0 Å². The second-order valence-corrected chi connectivity index (χ2v) is 22.4. The Labute approximate surface area is 218 Å². The lowest BCUT2D eigenvalue weighted by atomic mass is 10.0. The summed E-state index contributed by atoms with van der Waals surface area (Å²) in [5.41, 5.74) is 0.379. The van der Waals surface area contributed by atoms with Crippen LogP contribution in [0.2, 0.25) is 36.8 Å². The zero-order valence-corrected chi connectivity index (χ0v) is 26.1. The van der Waals surface area contributed by atoms with E-state index < -0.39 is 16.4 Å². The van der Waals surface area contributed by atoms with Crippen molar-refractivity contribution in [1.82, 2.24) is 0 Å². The predicted octanol–water partition coefficient (Wildman–Crippen LogP) is 8.25. The van der Waals surface area contributed by atoms with E-state index in [1.165, 1.54) is 56.6 Å². The van der Waals surface area contributed by atoms with Crippen LogP contribution in [0.25, 0.3) is 0 Å².